The van der Waals surface area contributed by atoms with Gasteiger partial charge in [0, 0.05) is 30.0 Å². The Balaban J connectivity index is 1.87. The third kappa shape index (κ3) is 5.44. The lowest BCUT2D eigenvalue weighted by Gasteiger charge is -2.07. The van der Waals surface area contributed by atoms with Crippen LogP contribution in [0.1, 0.15) is 5.56 Å². The Morgan fingerprint density at radius 3 is 2.24 bits per heavy atom. The SMILES string of the molecule is O=C(CSCc1ccc([N+](=O)[O-])cc1)Nc1cc([N+](=O)[O-])ccc1Cl. The number of hydrogen-bond acceptors (Lipinski definition) is 6. The van der Waals surface area contributed by atoms with Crippen molar-refractivity contribution in [3.63, 3.8) is 0 Å². The summed E-state index contributed by atoms with van der Waals surface area (Å²) in [5.74, 6) is 0.249. The lowest BCUT2D eigenvalue weighted by Crippen LogP contribution is -2.14. The van der Waals surface area contributed by atoms with Crippen LogP contribution >= 0.6 is 23.4 Å². The number of non-ortho nitro benzene ring substituents is 2. The molecule has 1 N–H and O–H groups in total. The highest BCUT2D eigenvalue weighted by Crippen LogP contribution is 2.27. The minimum atomic E-state index is -0.574. The van der Waals surface area contributed by atoms with E-state index in [0.29, 0.717) is 5.75 Å². The van der Waals surface area contributed by atoms with Crippen LogP contribution in [0.5, 0.6) is 0 Å². The summed E-state index contributed by atoms with van der Waals surface area (Å²) in [6.07, 6.45) is 0. The van der Waals surface area contributed by atoms with Crippen LogP contribution in [0.2, 0.25) is 5.02 Å². The van der Waals surface area contributed by atoms with Gasteiger partial charge in [0.25, 0.3) is 11.4 Å². The van der Waals surface area contributed by atoms with E-state index in [1.165, 1.54) is 42.1 Å². The number of nitro groups is 2. The number of halogens is 1. The molecule has 0 bridgehead atoms. The lowest BCUT2D eigenvalue weighted by molar-refractivity contribution is -0.385. The van der Waals surface area contributed by atoms with Gasteiger partial charge in [-0.3, -0.25) is 25.0 Å². The fraction of sp³-hybridized carbons (Fsp3) is 0.133. The first kappa shape index (κ1) is 18.7. The van der Waals surface area contributed by atoms with Crippen LogP contribution in [0, 0.1) is 20.2 Å². The zero-order chi connectivity index (χ0) is 18.4. The number of thioether (sulfide) groups is 1. The van der Waals surface area contributed by atoms with E-state index in [9.17, 15) is 25.0 Å². The maximum Gasteiger partial charge on any atom is 0.271 e. The van der Waals surface area contributed by atoms with Gasteiger partial charge in [-0.25, -0.2) is 0 Å². The molecule has 0 unspecified atom stereocenters. The third-order valence-corrected chi connectivity index (χ3v) is 4.42. The summed E-state index contributed by atoms with van der Waals surface area (Å²) in [7, 11) is 0. The predicted molar refractivity (Wildman–Crippen MR) is 96.0 cm³/mol. The van der Waals surface area contributed by atoms with Crippen molar-refractivity contribution >= 4 is 46.3 Å². The fourth-order valence-electron chi connectivity index (χ4n) is 1.88. The summed E-state index contributed by atoms with van der Waals surface area (Å²) in [5, 5.41) is 24.1. The molecule has 1 amide bonds. The van der Waals surface area contributed by atoms with Gasteiger partial charge in [0.2, 0.25) is 5.91 Å². The first-order chi connectivity index (χ1) is 11.9. The Hall–Kier alpha value is -2.65. The van der Waals surface area contributed by atoms with Crippen LogP contribution in [0.25, 0.3) is 0 Å². The van der Waals surface area contributed by atoms with Crippen molar-refractivity contribution in [2.75, 3.05) is 11.1 Å². The van der Waals surface area contributed by atoms with Gasteiger partial charge in [0.05, 0.1) is 26.3 Å². The average Bonchev–Trinajstić information content (AvgIpc) is 2.57. The zero-order valence-corrected chi connectivity index (χ0v) is 14.2. The van der Waals surface area contributed by atoms with Gasteiger partial charge in [-0.05, 0) is 11.6 Å². The molecular formula is C15H12ClN3O5S. The Kier molecular flexibility index (Phi) is 6.31. The molecule has 0 aliphatic heterocycles. The molecule has 0 spiro atoms. The van der Waals surface area contributed by atoms with Crippen LogP contribution in [0.4, 0.5) is 17.1 Å². The summed E-state index contributed by atoms with van der Waals surface area (Å²) >= 11 is 7.22. The van der Waals surface area contributed by atoms with Crippen molar-refractivity contribution in [1.82, 2.24) is 0 Å². The summed E-state index contributed by atoms with van der Waals surface area (Å²) in [4.78, 5) is 32.2. The quantitative estimate of drug-likeness (QED) is 0.571. The highest BCUT2D eigenvalue weighted by atomic mass is 35.5. The summed E-state index contributed by atoms with van der Waals surface area (Å²) < 4.78 is 0. The van der Waals surface area contributed by atoms with E-state index in [0.717, 1.165) is 5.56 Å². The standard InChI is InChI=1S/C15H12ClN3O5S/c16-13-6-5-12(19(23)24)7-14(13)17-15(20)9-25-8-10-1-3-11(4-2-10)18(21)22/h1-7H,8-9H2,(H,17,20). The van der Waals surface area contributed by atoms with E-state index in [2.05, 4.69) is 5.32 Å². The topological polar surface area (TPSA) is 115 Å². The first-order valence-electron chi connectivity index (χ1n) is 6.91. The molecule has 0 atom stereocenters. The number of benzene rings is 2. The number of carbonyl (C=O) groups excluding carboxylic acids is 1. The van der Waals surface area contributed by atoms with Crippen molar-refractivity contribution in [1.29, 1.82) is 0 Å². The van der Waals surface area contributed by atoms with Crippen LogP contribution in [-0.4, -0.2) is 21.5 Å². The van der Waals surface area contributed by atoms with E-state index in [4.69, 9.17) is 11.6 Å². The monoisotopic (exact) mass is 381 g/mol. The second kappa shape index (κ2) is 8.45. The minimum absolute atomic E-state index is 0.00630. The van der Waals surface area contributed by atoms with Crippen molar-refractivity contribution < 1.29 is 14.6 Å². The van der Waals surface area contributed by atoms with Crippen LogP contribution in [-0.2, 0) is 10.5 Å². The largest absolute Gasteiger partial charge is 0.324 e. The number of amides is 1. The molecule has 25 heavy (non-hydrogen) atoms. The number of anilines is 1. The summed E-state index contributed by atoms with van der Waals surface area (Å²) in [6, 6.07) is 9.85. The number of carbonyl (C=O) groups is 1. The molecule has 0 saturated carbocycles. The highest BCUT2D eigenvalue weighted by Gasteiger charge is 2.12. The van der Waals surface area contributed by atoms with E-state index in [1.54, 1.807) is 12.1 Å². The number of nitrogens with zero attached hydrogens (tertiary/aromatic N) is 2. The minimum Gasteiger partial charge on any atom is -0.324 e. The molecule has 2 rings (SSSR count). The molecular weight excluding hydrogens is 370 g/mol. The number of hydrogen-bond donors (Lipinski definition) is 1. The van der Waals surface area contributed by atoms with Crippen LogP contribution < -0.4 is 5.32 Å². The van der Waals surface area contributed by atoms with E-state index < -0.39 is 9.85 Å². The van der Waals surface area contributed by atoms with Crippen molar-refractivity contribution in [3.05, 3.63) is 73.3 Å². The number of nitro benzene ring substituents is 2. The van der Waals surface area contributed by atoms with Crippen LogP contribution in [0.15, 0.2) is 42.5 Å². The van der Waals surface area contributed by atoms with Gasteiger partial charge < -0.3 is 5.32 Å². The molecule has 130 valence electrons. The molecule has 10 heteroatoms. The Labute approximate surface area is 151 Å². The molecule has 2 aromatic carbocycles. The Bertz CT molecular complexity index is 813. The highest BCUT2D eigenvalue weighted by molar-refractivity contribution is 7.99. The molecule has 0 saturated heterocycles. The summed E-state index contributed by atoms with van der Waals surface area (Å²) in [6.45, 7) is 0. The maximum atomic E-state index is 11.9. The molecule has 0 heterocycles. The molecule has 2 aromatic rings. The van der Waals surface area contributed by atoms with Gasteiger partial charge in [-0.1, -0.05) is 23.7 Å². The maximum absolute atomic E-state index is 11.9. The normalized spacial score (nSPS) is 10.3. The molecule has 0 aliphatic carbocycles. The van der Waals surface area contributed by atoms with Crippen molar-refractivity contribution in [3.8, 4) is 0 Å². The number of nitrogens with one attached hydrogen (secondary N) is 1. The molecule has 0 radical (unpaired) electrons. The number of rotatable bonds is 7. The van der Waals surface area contributed by atoms with Crippen LogP contribution in [0.3, 0.4) is 0 Å². The van der Waals surface area contributed by atoms with E-state index in [1.807, 2.05) is 0 Å². The fourth-order valence-corrected chi connectivity index (χ4v) is 2.84. The molecule has 0 fully saturated rings. The van der Waals surface area contributed by atoms with Crippen molar-refractivity contribution in [2.24, 2.45) is 0 Å². The molecule has 8 nitrogen and oxygen atoms in total. The van der Waals surface area contributed by atoms with Gasteiger partial charge in [-0.2, -0.15) is 0 Å². The van der Waals surface area contributed by atoms with E-state index in [-0.39, 0.29) is 33.7 Å². The van der Waals surface area contributed by atoms with Gasteiger partial charge in [0.15, 0.2) is 0 Å². The lowest BCUT2D eigenvalue weighted by atomic mass is 10.2. The third-order valence-electron chi connectivity index (χ3n) is 3.08. The second-order valence-electron chi connectivity index (χ2n) is 4.89. The van der Waals surface area contributed by atoms with Crippen molar-refractivity contribution in [2.45, 2.75) is 5.75 Å². The molecule has 0 aromatic heterocycles. The van der Waals surface area contributed by atoms with Gasteiger partial charge in [-0.15, -0.1) is 11.8 Å². The summed E-state index contributed by atoms with van der Waals surface area (Å²) in [5.41, 5.74) is 0.860. The Morgan fingerprint density at radius 1 is 1.04 bits per heavy atom. The first-order valence-corrected chi connectivity index (χ1v) is 8.45. The van der Waals surface area contributed by atoms with Gasteiger partial charge >= 0.3 is 0 Å². The predicted octanol–water partition coefficient (Wildman–Crippen LogP) is 4.03. The zero-order valence-electron chi connectivity index (χ0n) is 12.7. The van der Waals surface area contributed by atoms with E-state index >= 15 is 0 Å². The average molecular weight is 382 g/mol. The smallest absolute Gasteiger partial charge is 0.271 e. The Morgan fingerprint density at radius 2 is 1.64 bits per heavy atom. The van der Waals surface area contributed by atoms with Gasteiger partial charge in [0.1, 0.15) is 0 Å². The second-order valence-corrected chi connectivity index (χ2v) is 6.28. The molecule has 0 aliphatic rings.